The van der Waals surface area contributed by atoms with Gasteiger partial charge in [0, 0.05) is 37.5 Å². The summed E-state index contributed by atoms with van der Waals surface area (Å²) in [5.41, 5.74) is 11.6. The van der Waals surface area contributed by atoms with Gasteiger partial charge in [0.25, 0.3) is 0 Å². The van der Waals surface area contributed by atoms with E-state index in [0.717, 1.165) is 0 Å². The second-order valence-corrected chi connectivity index (χ2v) is 19.8. The molecule has 20 heteroatoms. The SMILES string of the molecule is C[C@@H]1[C@H](O)[C@@H](C)C=CC=CC=CC=CC=CC=CC=C[C@H](OC2O[C@H](C)[C@@H](O)[C@H](N(CCCN)CCCN)[C@@H]2O)CC2O[C@](O)(C[C@@H](O)C[C@@H](O)[C@H](O)CC[C@@H](O)C[C@@H](O)CC(=O)O[C@H]1C)C[C@H](O)[C@H]2C(=O)O. The zero-order valence-corrected chi connectivity index (χ0v) is 42.8. The number of rotatable bonds is 10. The van der Waals surface area contributed by atoms with Gasteiger partial charge in [-0.1, -0.05) is 98.9 Å². The first-order chi connectivity index (χ1) is 34.6. The molecule has 2 saturated heterocycles. The van der Waals surface area contributed by atoms with E-state index in [9.17, 15) is 65.8 Å². The minimum absolute atomic E-state index is 0.112. The van der Waals surface area contributed by atoms with Gasteiger partial charge in [0.1, 0.15) is 18.1 Å². The largest absolute Gasteiger partial charge is 0.481 e. The molecule has 0 aromatic heterocycles. The summed E-state index contributed by atoms with van der Waals surface area (Å²) in [5, 5.41) is 121. The molecule has 0 aromatic rings. The number of esters is 1. The molecule has 3 aliphatic rings. The van der Waals surface area contributed by atoms with Crippen LogP contribution in [-0.2, 0) is 28.5 Å². The molecular weight excluding hydrogens is 951 g/mol. The van der Waals surface area contributed by atoms with Crippen molar-refractivity contribution in [2.45, 2.75) is 189 Å². The number of allylic oxidation sites excluding steroid dienone is 12. The van der Waals surface area contributed by atoms with Gasteiger partial charge in [0.2, 0.25) is 0 Å². The van der Waals surface area contributed by atoms with E-state index in [1.165, 1.54) is 0 Å². The minimum atomic E-state index is -2.34. The van der Waals surface area contributed by atoms with Crippen LogP contribution in [0, 0.1) is 17.8 Å². The summed E-state index contributed by atoms with van der Waals surface area (Å²) in [4.78, 5) is 27.3. The smallest absolute Gasteiger partial charge is 0.311 e. The average Bonchev–Trinajstić information content (AvgIpc) is 3.31. The van der Waals surface area contributed by atoms with Crippen LogP contribution in [0.25, 0.3) is 0 Å². The van der Waals surface area contributed by atoms with Crippen molar-refractivity contribution in [3.63, 3.8) is 0 Å². The lowest BCUT2D eigenvalue weighted by Crippen LogP contribution is -2.64. The molecular formula is C53H87N3O17. The van der Waals surface area contributed by atoms with Crippen molar-refractivity contribution in [2.24, 2.45) is 29.2 Å². The van der Waals surface area contributed by atoms with Gasteiger partial charge in [0.05, 0.1) is 79.6 Å². The van der Waals surface area contributed by atoms with Crippen molar-refractivity contribution in [1.29, 1.82) is 0 Å². The number of carboxylic acids is 1. The molecule has 20 nitrogen and oxygen atoms in total. The Morgan fingerprint density at radius 2 is 1.23 bits per heavy atom. The number of hydrogen-bond acceptors (Lipinski definition) is 19. The highest BCUT2D eigenvalue weighted by Crippen LogP contribution is 2.38. The van der Waals surface area contributed by atoms with Gasteiger partial charge in [0.15, 0.2) is 12.1 Å². The van der Waals surface area contributed by atoms with Crippen LogP contribution in [0.5, 0.6) is 0 Å². The second kappa shape index (κ2) is 32.8. The van der Waals surface area contributed by atoms with Gasteiger partial charge in [-0.2, -0.15) is 0 Å². The predicted molar refractivity (Wildman–Crippen MR) is 272 cm³/mol. The lowest BCUT2D eigenvalue weighted by molar-refractivity contribution is -0.312. The Morgan fingerprint density at radius 3 is 1.79 bits per heavy atom. The first-order valence-corrected chi connectivity index (χ1v) is 25.7. The van der Waals surface area contributed by atoms with E-state index in [1.807, 2.05) is 42.2 Å². The molecule has 0 radical (unpaired) electrons. The van der Waals surface area contributed by atoms with Crippen LogP contribution in [0.1, 0.15) is 91.9 Å². The third-order valence-corrected chi connectivity index (χ3v) is 13.7. The summed E-state index contributed by atoms with van der Waals surface area (Å²) < 4.78 is 23.9. The fraction of sp³-hybridized carbons (Fsp3) is 0.698. The fourth-order valence-electron chi connectivity index (χ4n) is 9.34. The molecule has 3 heterocycles. The number of nitrogens with zero attached hydrogens (tertiary/aromatic N) is 1. The van der Waals surface area contributed by atoms with Crippen LogP contribution < -0.4 is 11.5 Å². The van der Waals surface area contributed by atoms with Gasteiger partial charge in [-0.25, -0.2) is 0 Å². The molecule has 73 heavy (non-hydrogen) atoms. The first kappa shape index (κ1) is 63.8. The number of hydrogen-bond donors (Lipinski definition) is 13. The highest BCUT2D eigenvalue weighted by molar-refractivity contribution is 5.71. The van der Waals surface area contributed by atoms with E-state index in [0.29, 0.717) is 39.0 Å². The Kier molecular flexibility index (Phi) is 28.7. The monoisotopic (exact) mass is 1040 g/mol. The number of cyclic esters (lactones) is 1. The van der Waals surface area contributed by atoms with E-state index >= 15 is 0 Å². The number of carbonyl (C=O) groups is 2. The van der Waals surface area contributed by atoms with Gasteiger partial charge in [-0.15, -0.1) is 0 Å². The molecule has 2 bridgehead atoms. The fourth-order valence-corrected chi connectivity index (χ4v) is 9.34. The molecule has 2 unspecified atom stereocenters. The molecule has 416 valence electrons. The van der Waals surface area contributed by atoms with Crippen molar-refractivity contribution in [3.05, 3.63) is 85.1 Å². The number of nitrogens with two attached hydrogens (primary N) is 2. The Labute approximate surface area is 430 Å². The topological polar surface area (TPSA) is 349 Å². The number of ether oxygens (including phenoxy) is 4. The second-order valence-electron chi connectivity index (χ2n) is 19.8. The van der Waals surface area contributed by atoms with Crippen molar-refractivity contribution >= 4 is 11.9 Å². The maximum Gasteiger partial charge on any atom is 0.311 e. The highest BCUT2D eigenvalue weighted by atomic mass is 16.7. The highest BCUT2D eigenvalue weighted by Gasteiger charge is 2.51. The molecule has 2 fully saturated rings. The number of carbonyl (C=O) groups excluding carboxylic acids is 1. The van der Waals surface area contributed by atoms with Crippen LogP contribution in [0.15, 0.2) is 85.1 Å². The lowest BCUT2D eigenvalue weighted by atomic mass is 9.82. The summed E-state index contributed by atoms with van der Waals surface area (Å²) in [6.45, 7) is 8.44. The number of fused-ring (bicyclic) bond motifs is 2. The summed E-state index contributed by atoms with van der Waals surface area (Å²) in [6.07, 6.45) is 4.83. The molecule has 19 atom stereocenters. The first-order valence-electron chi connectivity index (χ1n) is 25.7. The Hall–Kier alpha value is -3.52. The van der Waals surface area contributed by atoms with E-state index < -0.39 is 147 Å². The third-order valence-electron chi connectivity index (χ3n) is 13.7. The van der Waals surface area contributed by atoms with Gasteiger partial charge >= 0.3 is 11.9 Å². The standard InChI is InChI=1S/C53H87N3O17/c1-33-19-15-13-11-9-7-5-6-8-10-12-14-16-20-40(72-52-50(66)47(49(65)36(4)71-52)56(25-17-23-54)26-18-24-55)30-44-46(51(67)68)43(62)32-53(69,73-44)31-39(59)28-42(61)41(60)22-21-37(57)27-38(58)29-45(63)70-35(3)34(2)48(33)64/h5-16,19-20,33-44,46-50,52,57-62,64-66,69H,17-18,21-32,54-55H2,1-4H3,(H,67,68)/t33-,34-,35-,36+,37+,38+,39-,40-,41+,42+,43-,44?,46+,47-,48+,49+,50-,52?,53+/m0/s1. The minimum Gasteiger partial charge on any atom is -0.481 e. The molecule has 0 spiro atoms. The van der Waals surface area contributed by atoms with Crippen LogP contribution in [0.4, 0.5) is 0 Å². The molecule has 3 rings (SSSR count). The van der Waals surface area contributed by atoms with Crippen LogP contribution >= 0.6 is 0 Å². The third kappa shape index (κ3) is 21.9. The van der Waals surface area contributed by atoms with E-state index in [2.05, 4.69) is 0 Å². The van der Waals surface area contributed by atoms with Crippen molar-refractivity contribution in [3.8, 4) is 0 Å². The number of aliphatic hydroxyl groups is 10. The maximum atomic E-state index is 12.7. The zero-order chi connectivity index (χ0) is 54.3. The average molecular weight is 1040 g/mol. The summed E-state index contributed by atoms with van der Waals surface area (Å²) >= 11 is 0. The molecule has 0 aromatic carbocycles. The van der Waals surface area contributed by atoms with E-state index in [4.69, 9.17) is 30.4 Å². The molecule has 3 aliphatic heterocycles. The predicted octanol–water partition coefficient (Wildman–Crippen LogP) is 0.753. The van der Waals surface area contributed by atoms with Crippen LogP contribution in [0.3, 0.4) is 0 Å². The van der Waals surface area contributed by atoms with Gasteiger partial charge < -0.3 is 86.6 Å². The van der Waals surface area contributed by atoms with Crippen molar-refractivity contribution in [2.75, 3.05) is 26.2 Å². The lowest BCUT2D eigenvalue weighted by Gasteiger charge is -2.47. The summed E-state index contributed by atoms with van der Waals surface area (Å²) in [6, 6.07) is -0.868. The molecule has 0 amide bonds. The maximum absolute atomic E-state index is 12.7. The number of aliphatic carboxylic acids is 1. The zero-order valence-electron chi connectivity index (χ0n) is 42.8. The Morgan fingerprint density at radius 1 is 0.671 bits per heavy atom. The molecule has 0 aliphatic carbocycles. The quantitative estimate of drug-likeness (QED) is 0.134. The Bertz CT molecular complexity index is 1820. The van der Waals surface area contributed by atoms with Crippen molar-refractivity contribution in [1.82, 2.24) is 4.90 Å². The van der Waals surface area contributed by atoms with E-state index in [1.54, 1.807) is 75.5 Å². The van der Waals surface area contributed by atoms with Crippen LogP contribution in [-0.4, -0.2) is 197 Å². The summed E-state index contributed by atoms with van der Waals surface area (Å²) in [7, 11) is 0. The van der Waals surface area contributed by atoms with Crippen LogP contribution in [0.2, 0.25) is 0 Å². The summed E-state index contributed by atoms with van der Waals surface area (Å²) in [5.74, 6) is -6.87. The molecule has 15 N–H and O–H groups in total. The number of aliphatic hydroxyl groups excluding tert-OH is 9. The normalized spacial score (nSPS) is 38.8. The number of carboxylic acid groups (broad SMARTS) is 1. The van der Waals surface area contributed by atoms with Gasteiger partial charge in [-0.3, -0.25) is 14.5 Å². The van der Waals surface area contributed by atoms with Crippen molar-refractivity contribution < 1.29 is 84.7 Å². The van der Waals surface area contributed by atoms with Gasteiger partial charge in [-0.05, 0) is 72.1 Å². The molecule has 0 saturated carbocycles. The van der Waals surface area contributed by atoms with E-state index in [-0.39, 0.29) is 31.6 Å². The Balaban J connectivity index is 1.94.